The molecule has 8 heteroatoms. The molecule has 3 rings (SSSR count). The number of aryl methyl sites for hydroxylation is 1. The number of nitrogens with zero attached hydrogens (tertiary/aromatic N) is 4. The summed E-state index contributed by atoms with van der Waals surface area (Å²) in [6.45, 7) is 2.28. The van der Waals surface area contributed by atoms with Crippen molar-refractivity contribution in [2.24, 2.45) is 0 Å². The first-order valence-electron chi connectivity index (χ1n) is 8.14. The molecular formula is C17H20N4O4. The first-order valence-corrected chi connectivity index (χ1v) is 8.14. The number of para-hydroxylation sites is 1. The molecular weight excluding hydrogens is 324 g/mol. The zero-order valence-corrected chi connectivity index (χ0v) is 14.1. The minimum absolute atomic E-state index is 0.0302. The Morgan fingerprint density at radius 2 is 2.00 bits per heavy atom. The normalized spacial score (nSPS) is 14.4. The second-order valence-electron chi connectivity index (χ2n) is 5.72. The summed E-state index contributed by atoms with van der Waals surface area (Å²) in [4.78, 5) is 26.4. The first kappa shape index (κ1) is 16.9. The Bertz CT molecular complexity index is 738. The summed E-state index contributed by atoms with van der Waals surface area (Å²) in [5, 5.41) is 8.05. The highest BCUT2D eigenvalue weighted by molar-refractivity contribution is 5.76. The SMILES string of the molecule is COc1ccccc1-c1nnc(CCC(=O)N2CCN(C=O)CC2)o1. The average molecular weight is 344 g/mol. The molecule has 2 heterocycles. The predicted molar refractivity (Wildman–Crippen MR) is 88.8 cm³/mol. The molecule has 0 spiro atoms. The molecule has 0 bridgehead atoms. The van der Waals surface area contributed by atoms with Crippen LogP contribution in [0.4, 0.5) is 0 Å². The monoisotopic (exact) mass is 344 g/mol. The molecule has 0 unspecified atom stereocenters. The molecule has 1 fully saturated rings. The van der Waals surface area contributed by atoms with E-state index in [2.05, 4.69) is 10.2 Å². The van der Waals surface area contributed by atoms with Gasteiger partial charge in [-0.05, 0) is 12.1 Å². The zero-order valence-electron chi connectivity index (χ0n) is 14.1. The Morgan fingerprint density at radius 3 is 2.72 bits per heavy atom. The maximum absolute atomic E-state index is 12.3. The molecule has 1 aromatic heterocycles. The summed E-state index contributed by atoms with van der Waals surface area (Å²) in [7, 11) is 1.58. The molecule has 25 heavy (non-hydrogen) atoms. The highest BCUT2D eigenvalue weighted by Crippen LogP contribution is 2.28. The Labute approximate surface area is 145 Å². The number of carbonyl (C=O) groups is 2. The molecule has 1 aliphatic rings. The van der Waals surface area contributed by atoms with E-state index in [0.29, 0.717) is 56.6 Å². The van der Waals surface area contributed by atoms with Crippen LogP contribution in [0.2, 0.25) is 0 Å². The lowest BCUT2D eigenvalue weighted by Crippen LogP contribution is -2.48. The van der Waals surface area contributed by atoms with Crippen molar-refractivity contribution in [3.63, 3.8) is 0 Å². The third-order valence-corrected chi connectivity index (χ3v) is 4.17. The summed E-state index contributed by atoms with van der Waals surface area (Å²) in [6, 6.07) is 7.39. The van der Waals surface area contributed by atoms with Crippen LogP contribution >= 0.6 is 0 Å². The van der Waals surface area contributed by atoms with Crippen molar-refractivity contribution in [2.45, 2.75) is 12.8 Å². The zero-order chi connectivity index (χ0) is 17.6. The van der Waals surface area contributed by atoms with Gasteiger partial charge in [0.2, 0.25) is 18.2 Å². The van der Waals surface area contributed by atoms with E-state index in [1.54, 1.807) is 16.9 Å². The number of hydrogen-bond acceptors (Lipinski definition) is 6. The van der Waals surface area contributed by atoms with Crippen LogP contribution in [0, 0.1) is 0 Å². The molecule has 2 aromatic rings. The Kier molecular flexibility index (Phi) is 5.27. The van der Waals surface area contributed by atoms with Crippen molar-refractivity contribution in [1.82, 2.24) is 20.0 Å². The molecule has 0 atom stereocenters. The van der Waals surface area contributed by atoms with Crippen molar-refractivity contribution in [1.29, 1.82) is 0 Å². The van der Waals surface area contributed by atoms with Crippen LogP contribution in [0.15, 0.2) is 28.7 Å². The second kappa shape index (κ2) is 7.78. The number of hydrogen-bond donors (Lipinski definition) is 0. The first-order chi connectivity index (χ1) is 12.2. The van der Waals surface area contributed by atoms with Crippen LogP contribution < -0.4 is 4.74 Å². The fraction of sp³-hybridized carbons (Fsp3) is 0.412. The molecule has 2 amide bonds. The van der Waals surface area contributed by atoms with Crippen molar-refractivity contribution in [3.8, 4) is 17.2 Å². The van der Waals surface area contributed by atoms with E-state index in [0.717, 1.165) is 12.0 Å². The van der Waals surface area contributed by atoms with Gasteiger partial charge in [-0.2, -0.15) is 0 Å². The van der Waals surface area contributed by atoms with E-state index in [-0.39, 0.29) is 5.91 Å². The summed E-state index contributed by atoms with van der Waals surface area (Å²) in [5.41, 5.74) is 0.722. The van der Waals surface area contributed by atoms with Gasteiger partial charge in [-0.15, -0.1) is 10.2 Å². The molecule has 0 aliphatic carbocycles. The maximum atomic E-state index is 12.3. The molecule has 8 nitrogen and oxygen atoms in total. The maximum Gasteiger partial charge on any atom is 0.251 e. The Morgan fingerprint density at radius 1 is 1.24 bits per heavy atom. The highest BCUT2D eigenvalue weighted by atomic mass is 16.5. The molecule has 132 valence electrons. The van der Waals surface area contributed by atoms with E-state index in [1.807, 2.05) is 24.3 Å². The van der Waals surface area contributed by atoms with Crippen molar-refractivity contribution < 1.29 is 18.7 Å². The number of rotatable bonds is 6. The third kappa shape index (κ3) is 3.96. The number of methoxy groups -OCH3 is 1. The highest BCUT2D eigenvalue weighted by Gasteiger charge is 2.21. The van der Waals surface area contributed by atoms with Gasteiger partial charge in [0.05, 0.1) is 12.7 Å². The van der Waals surface area contributed by atoms with Crippen LogP contribution in [-0.4, -0.2) is 65.6 Å². The van der Waals surface area contributed by atoms with Crippen molar-refractivity contribution >= 4 is 12.3 Å². The number of benzene rings is 1. The second-order valence-corrected chi connectivity index (χ2v) is 5.72. The molecule has 1 saturated heterocycles. The summed E-state index contributed by atoms with van der Waals surface area (Å²) in [5.74, 6) is 1.48. The number of amides is 2. The van der Waals surface area contributed by atoms with Gasteiger partial charge in [-0.25, -0.2) is 0 Å². The summed E-state index contributed by atoms with van der Waals surface area (Å²) >= 11 is 0. The fourth-order valence-corrected chi connectivity index (χ4v) is 2.73. The molecule has 0 N–H and O–H groups in total. The molecule has 0 saturated carbocycles. The van der Waals surface area contributed by atoms with Gasteiger partial charge in [0.1, 0.15) is 5.75 Å². The minimum atomic E-state index is 0.0302. The lowest BCUT2D eigenvalue weighted by molar-refractivity contribution is -0.135. The van der Waals surface area contributed by atoms with E-state index < -0.39 is 0 Å². The number of piperazine rings is 1. The van der Waals surface area contributed by atoms with E-state index in [1.165, 1.54) is 0 Å². The lowest BCUT2D eigenvalue weighted by Gasteiger charge is -2.32. The van der Waals surface area contributed by atoms with Gasteiger partial charge >= 0.3 is 0 Å². The van der Waals surface area contributed by atoms with Gasteiger partial charge in [0.15, 0.2) is 0 Å². The van der Waals surface area contributed by atoms with E-state index >= 15 is 0 Å². The summed E-state index contributed by atoms with van der Waals surface area (Å²) < 4.78 is 10.9. The Hall–Kier alpha value is -2.90. The van der Waals surface area contributed by atoms with Gasteiger partial charge in [0, 0.05) is 39.0 Å². The van der Waals surface area contributed by atoms with E-state index in [4.69, 9.17) is 9.15 Å². The quantitative estimate of drug-likeness (QED) is 0.726. The largest absolute Gasteiger partial charge is 0.496 e. The Balaban J connectivity index is 1.57. The number of aromatic nitrogens is 2. The van der Waals surface area contributed by atoms with Crippen LogP contribution in [0.5, 0.6) is 5.75 Å². The van der Waals surface area contributed by atoms with Crippen LogP contribution in [-0.2, 0) is 16.0 Å². The van der Waals surface area contributed by atoms with Crippen LogP contribution in [0.1, 0.15) is 12.3 Å². The van der Waals surface area contributed by atoms with Gasteiger partial charge in [-0.1, -0.05) is 12.1 Å². The van der Waals surface area contributed by atoms with Gasteiger partial charge in [-0.3, -0.25) is 9.59 Å². The lowest BCUT2D eigenvalue weighted by atomic mass is 10.2. The van der Waals surface area contributed by atoms with Crippen molar-refractivity contribution in [2.75, 3.05) is 33.3 Å². The van der Waals surface area contributed by atoms with Crippen LogP contribution in [0.3, 0.4) is 0 Å². The topological polar surface area (TPSA) is 88.8 Å². The van der Waals surface area contributed by atoms with Crippen LogP contribution in [0.25, 0.3) is 11.5 Å². The fourth-order valence-electron chi connectivity index (χ4n) is 2.73. The van der Waals surface area contributed by atoms with Crippen molar-refractivity contribution in [3.05, 3.63) is 30.2 Å². The third-order valence-electron chi connectivity index (χ3n) is 4.17. The van der Waals surface area contributed by atoms with Gasteiger partial charge < -0.3 is 19.0 Å². The smallest absolute Gasteiger partial charge is 0.251 e. The van der Waals surface area contributed by atoms with Gasteiger partial charge in [0.25, 0.3) is 5.89 Å². The number of carbonyl (C=O) groups excluding carboxylic acids is 2. The van der Waals surface area contributed by atoms with E-state index in [9.17, 15) is 9.59 Å². The standard InChI is InChI=1S/C17H20N4O4/c1-24-14-5-3-2-4-13(14)17-19-18-15(25-17)6-7-16(23)21-10-8-20(12-22)9-11-21/h2-5,12H,6-11H2,1H3. The molecule has 1 aliphatic heterocycles. The summed E-state index contributed by atoms with van der Waals surface area (Å²) in [6.07, 6.45) is 1.50. The predicted octanol–water partition coefficient (Wildman–Crippen LogP) is 0.978. The minimum Gasteiger partial charge on any atom is -0.496 e. The number of ether oxygens (including phenoxy) is 1. The molecule has 0 radical (unpaired) electrons. The average Bonchev–Trinajstić information content (AvgIpc) is 3.15. The molecule has 1 aromatic carbocycles.